The Morgan fingerprint density at radius 2 is 2.05 bits per heavy atom. The summed E-state index contributed by atoms with van der Waals surface area (Å²) in [6, 6.07) is 1.59. The molecule has 0 amide bonds. The average Bonchev–Trinajstić information content (AvgIpc) is 2.83. The molecule has 2 aromatic heterocycles. The number of aromatic nitrogens is 3. The Labute approximate surface area is 115 Å². The van der Waals surface area contributed by atoms with E-state index in [1.54, 1.807) is 6.07 Å². The van der Waals surface area contributed by atoms with Crippen molar-refractivity contribution in [3.8, 4) is 0 Å². The first kappa shape index (κ1) is 12.6. The summed E-state index contributed by atoms with van der Waals surface area (Å²) < 4.78 is 1.41. The summed E-state index contributed by atoms with van der Waals surface area (Å²) in [7, 11) is 2.11. The fraction of sp³-hybridized carbons (Fsp3) is 0.583. The van der Waals surface area contributed by atoms with Gasteiger partial charge in [-0.2, -0.15) is 9.61 Å². The monoisotopic (exact) mass is 279 g/mol. The van der Waals surface area contributed by atoms with Crippen molar-refractivity contribution in [1.82, 2.24) is 19.5 Å². The minimum Gasteiger partial charge on any atom is -0.354 e. The molecule has 3 rings (SSSR count). The van der Waals surface area contributed by atoms with Gasteiger partial charge in [-0.15, -0.1) is 0 Å². The van der Waals surface area contributed by atoms with Gasteiger partial charge in [-0.1, -0.05) is 18.3 Å². The minimum atomic E-state index is -0.0881. The molecular weight excluding hydrogens is 262 g/mol. The first-order valence-corrected chi connectivity index (χ1v) is 7.32. The molecule has 6 nitrogen and oxygen atoms in total. The first-order chi connectivity index (χ1) is 9.17. The van der Waals surface area contributed by atoms with Crippen molar-refractivity contribution in [2.75, 3.05) is 38.1 Å². The zero-order valence-corrected chi connectivity index (χ0v) is 12.0. The third kappa shape index (κ3) is 2.35. The van der Waals surface area contributed by atoms with Gasteiger partial charge in [0.05, 0.1) is 0 Å². The van der Waals surface area contributed by atoms with Crippen LogP contribution in [0.25, 0.3) is 4.96 Å². The topological polar surface area (TPSA) is 53.7 Å². The molecule has 19 heavy (non-hydrogen) atoms. The Balaban J connectivity index is 1.98. The molecule has 0 aromatic carbocycles. The van der Waals surface area contributed by atoms with Crippen LogP contribution < -0.4 is 10.5 Å². The van der Waals surface area contributed by atoms with E-state index in [2.05, 4.69) is 26.9 Å². The summed E-state index contributed by atoms with van der Waals surface area (Å²) in [5, 5.41) is 5.21. The maximum absolute atomic E-state index is 12.1. The number of anilines is 1. The van der Waals surface area contributed by atoms with Crippen LogP contribution in [0.5, 0.6) is 0 Å². The molecule has 0 N–H and O–H groups in total. The molecule has 1 fully saturated rings. The van der Waals surface area contributed by atoms with Crippen LogP contribution in [-0.2, 0) is 6.42 Å². The van der Waals surface area contributed by atoms with Crippen molar-refractivity contribution < 1.29 is 0 Å². The Kier molecular flexibility index (Phi) is 3.24. The van der Waals surface area contributed by atoms with Gasteiger partial charge in [0.15, 0.2) is 0 Å². The summed E-state index contributed by atoms with van der Waals surface area (Å²) in [4.78, 5) is 21.8. The van der Waals surface area contributed by atoms with Crippen LogP contribution >= 0.6 is 11.3 Å². The fourth-order valence-electron chi connectivity index (χ4n) is 2.18. The summed E-state index contributed by atoms with van der Waals surface area (Å²) >= 11 is 1.49. The quantitative estimate of drug-likeness (QED) is 0.799. The largest absolute Gasteiger partial charge is 0.354 e. The van der Waals surface area contributed by atoms with Crippen molar-refractivity contribution in [2.45, 2.75) is 13.3 Å². The smallest absolute Gasteiger partial charge is 0.277 e. The number of hydrogen-bond acceptors (Lipinski definition) is 6. The molecule has 0 unspecified atom stereocenters. The van der Waals surface area contributed by atoms with Crippen LogP contribution in [0.4, 0.5) is 5.82 Å². The number of hydrogen-bond donors (Lipinski definition) is 0. The second kappa shape index (κ2) is 4.90. The highest BCUT2D eigenvalue weighted by Crippen LogP contribution is 2.16. The predicted octanol–water partition coefficient (Wildman–Crippen LogP) is 0.465. The summed E-state index contributed by atoms with van der Waals surface area (Å²) in [5.41, 5.74) is -0.0881. The Bertz CT molecular complexity index is 641. The lowest BCUT2D eigenvalue weighted by atomic mass is 10.3. The number of aryl methyl sites for hydroxylation is 1. The van der Waals surface area contributed by atoms with E-state index in [0.29, 0.717) is 4.96 Å². The third-order valence-corrected chi connectivity index (χ3v) is 4.46. The molecule has 102 valence electrons. The molecule has 1 aliphatic rings. The number of rotatable bonds is 2. The summed E-state index contributed by atoms with van der Waals surface area (Å²) in [6.07, 6.45) is 0.831. The van der Waals surface area contributed by atoms with Gasteiger partial charge in [0.1, 0.15) is 10.8 Å². The Hall–Kier alpha value is -1.47. The normalized spacial score (nSPS) is 17.3. The van der Waals surface area contributed by atoms with Gasteiger partial charge in [-0.3, -0.25) is 4.79 Å². The molecule has 1 aliphatic heterocycles. The summed E-state index contributed by atoms with van der Waals surface area (Å²) in [6.45, 7) is 5.87. The number of nitrogens with zero attached hydrogens (tertiary/aromatic N) is 5. The molecule has 0 spiro atoms. The van der Waals surface area contributed by atoms with Crippen LogP contribution in [0, 0.1) is 0 Å². The van der Waals surface area contributed by atoms with E-state index in [9.17, 15) is 4.79 Å². The zero-order chi connectivity index (χ0) is 13.4. The maximum Gasteiger partial charge on any atom is 0.277 e. The second-order valence-electron chi connectivity index (χ2n) is 4.79. The number of fused-ring (bicyclic) bond motifs is 1. The zero-order valence-electron chi connectivity index (χ0n) is 11.2. The standard InChI is InChI=1S/C12H17N5OS/c1-3-10-14-17-11(18)8-9(13-12(17)19-10)16-6-4-15(2)5-7-16/h8H,3-7H2,1-2H3. The van der Waals surface area contributed by atoms with Crippen molar-refractivity contribution in [3.63, 3.8) is 0 Å². The predicted molar refractivity (Wildman–Crippen MR) is 76.2 cm³/mol. The van der Waals surface area contributed by atoms with Gasteiger partial charge < -0.3 is 9.80 Å². The van der Waals surface area contributed by atoms with Crippen LogP contribution in [-0.4, -0.2) is 52.7 Å². The molecule has 2 aromatic rings. The van der Waals surface area contributed by atoms with E-state index in [0.717, 1.165) is 43.4 Å². The number of likely N-dealkylation sites (N-methyl/N-ethyl adjacent to an activating group) is 1. The molecule has 3 heterocycles. The lowest BCUT2D eigenvalue weighted by Gasteiger charge is -2.32. The van der Waals surface area contributed by atoms with E-state index in [1.807, 2.05) is 6.92 Å². The Morgan fingerprint density at radius 3 is 2.74 bits per heavy atom. The lowest BCUT2D eigenvalue weighted by Crippen LogP contribution is -2.45. The molecule has 0 aliphatic carbocycles. The highest BCUT2D eigenvalue weighted by atomic mass is 32.1. The van der Waals surface area contributed by atoms with Crippen LogP contribution in [0.15, 0.2) is 10.9 Å². The molecule has 0 saturated carbocycles. The van der Waals surface area contributed by atoms with E-state index in [-0.39, 0.29) is 5.56 Å². The van der Waals surface area contributed by atoms with Gasteiger partial charge >= 0.3 is 0 Å². The van der Waals surface area contributed by atoms with Gasteiger partial charge in [0.2, 0.25) is 4.96 Å². The van der Waals surface area contributed by atoms with Crippen LogP contribution in [0.3, 0.4) is 0 Å². The molecular formula is C12H17N5OS. The van der Waals surface area contributed by atoms with Crippen molar-refractivity contribution in [3.05, 3.63) is 21.4 Å². The minimum absolute atomic E-state index is 0.0881. The van der Waals surface area contributed by atoms with Gasteiger partial charge in [0, 0.05) is 32.2 Å². The highest BCUT2D eigenvalue weighted by Gasteiger charge is 2.17. The molecule has 1 saturated heterocycles. The lowest BCUT2D eigenvalue weighted by molar-refractivity contribution is 0.312. The molecule has 0 radical (unpaired) electrons. The van der Waals surface area contributed by atoms with Gasteiger partial charge in [-0.25, -0.2) is 4.98 Å². The summed E-state index contributed by atoms with van der Waals surface area (Å²) in [5.74, 6) is 0.782. The van der Waals surface area contributed by atoms with E-state index in [4.69, 9.17) is 0 Å². The number of piperazine rings is 1. The molecule has 0 bridgehead atoms. The second-order valence-corrected chi connectivity index (χ2v) is 5.83. The van der Waals surface area contributed by atoms with E-state index in [1.165, 1.54) is 15.9 Å². The van der Waals surface area contributed by atoms with Crippen LogP contribution in [0.1, 0.15) is 11.9 Å². The first-order valence-electron chi connectivity index (χ1n) is 6.50. The Morgan fingerprint density at radius 1 is 1.32 bits per heavy atom. The van der Waals surface area contributed by atoms with Crippen molar-refractivity contribution in [1.29, 1.82) is 0 Å². The van der Waals surface area contributed by atoms with Gasteiger partial charge in [0.25, 0.3) is 5.56 Å². The van der Waals surface area contributed by atoms with E-state index < -0.39 is 0 Å². The van der Waals surface area contributed by atoms with Crippen LogP contribution in [0.2, 0.25) is 0 Å². The average molecular weight is 279 g/mol. The van der Waals surface area contributed by atoms with Gasteiger partial charge in [-0.05, 0) is 13.5 Å². The maximum atomic E-state index is 12.1. The highest BCUT2D eigenvalue weighted by molar-refractivity contribution is 7.16. The third-order valence-electron chi connectivity index (χ3n) is 3.40. The SMILES string of the molecule is CCc1nn2c(=O)cc(N3CCN(C)CC3)nc2s1. The van der Waals surface area contributed by atoms with E-state index >= 15 is 0 Å². The van der Waals surface area contributed by atoms with Crippen molar-refractivity contribution >= 4 is 22.1 Å². The fourth-order valence-corrected chi connectivity index (χ4v) is 3.01. The molecule has 0 atom stereocenters. The molecule has 7 heteroatoms. The van der Waals surface area contributed by atoms with Crippen molar-refractivity contribution in [2.24, 2.45) is 0 Å².